The Morgan fingerprint density at radius 3 is 2.77 bits per heavy atom. The molecule has 0 saturated carbocycles. The molecule has 2 N–H and O–H groups in total. The van der Waals surface area contributed by atoms with Gasteiger partial charge in [-0.05, 0) is 43.8 Å². The topological polar surface area (TPSA) is 59.6 Å². The van der Waals surface area contributed by atoms with E-state index in [4.69, 9.17) is 0 Å². The third-order valence-electron chi connectivity index (χ3n) is 6.17. The van der Waals surface area contributed by atoms with Crippen molar-refractivity contribution in [3.05, 3.63) is 48.3 Å². The maximum Gasteiger partial charge on any atom is 0.137 e. The van der Waals surface area contributed by atoms with E-state index >= 15 is 0 Å². The molecule has 0 radical (unpaired) electrons. The van der Waals surface area contributed by atoms with Crippen LogP contribution >= 0.6 is 0 Å². The van der Waals surface area contributed by atoms with Crippen molar-refractivity contribution < 1.29 is 0 Å². The van der Waals surface area contributed by atoms with Crippen LogP contribution in [0.3, 0.4) is 0 Å². The van der Waals surface area contributed by atoms with Gasteiger partial charge in [0.1, 0.15) is 12.1 Å². The number of piperazine rings is 1. The van der Waals surface area contributed by atoms with E-state index in [0.29, 0.717) is 0 Å². The normalized spacial score (nSPS) is 16.6. The zero-order valence-corrected chi connectivity index (χ0v) is 17.7. The molecule has 30 heavy (non-hydrogen) atoms. The van der Waals surface area contributed by atoms with Crippen molar-refractivity contribution in [3.63, 3.8) is 0 Å². The van der Waals surface area contributed by atoms with Gasteiger partial charge in [0.05, 0.1) is 23.6 Å². The molecule has 0 unspecified atom stereocenters. The summed E-state index contributed by atoms with van der Waals surface area (Å²) in [5.41, 5.74) is 5.90. The van der Waals surface area contributed by atoms with Crippen LogP contribution in [0, 0.1) is 0 Å². The lowest BCUT2D eigenvalue weighted by Gasteiger charge is -2.34. The van der Waals surface area contributed by atoms with Gasteiger partial charge in [0.2, 0.25) is 0 Å². The molecule has 2 aromatic carbocycles. The summed E-state index contributed by atoms with van der Waals surface area (Å²) in [4.78, 5) is 16.2. The molecule has 0 atom stereocenters. The lowest BCUT2D eigenvalue weighted by atomic mass is 10.1. The Kier molecular flexibility index (Phi) is 5.04. The minimum absolute atomic E-state index is 0.735. The Morgan fingerprint density at radius 1 is 1.07 bits per heavy atom. The summed E-state index contributed by atoms with van der Waals surface area (Å²) in [6.07, 6.45) is 1.65. The van der Waals surface area contributed by atoms with Crippen LogP contribution in [0.1, 0.15) is 12.5 Å². The molecular formula is C23H29N7. The van der Waals surface area contributed by atoms with Gasteiger partial charge in [0.25, 0.3) is 0 Å². The summed E-state index contributed by atoms with van der Waals surface area (Å²) in [7, 11) is 2.19. The van der Waals surface area contributed by atoms with Gasteiger partial charge >= 0.3 is 0 Å². The molecule has 3 heterocycles. The number of hydrogen-bond acceptors (Lipinski definition) is 7. The molecular weight excluding hydrogens is 374 g/mol. The van der Waals surface area contributed by atoms with Gasteiger partial charge in [-0.1, -0.05) is 12.1 Å². The number of anilines is 4. The molecule has 7 heteroatoms. The molecule has 2 aliphatic rings. The lowest BCUT2D eigenvalue weighted by molar-refractivity contribution is 0.313. The van der Waals surface area contributed by atoms with E-state index in [1.54, 1.807) is 6.33 Å². The fourth-order valence-corrected chi connectivity index (χ4v) is 4.30. The quantitative estimate of drug-likeness (QED) is 0.678. The van der Waals surface area contributed by atoms with Crippen molar-refractivity contribution in [1.82, 2.24) is 14.9 Å². The van der Waals surface area contributed by atoms with Crippen LogP contribution in [0.15, 0.2) is 42.7 Å². The molecule has 7 nitrogen and oxygen atoms in total. The number of benzene rings is 2. The smallest absolute Gasteiger partial charge is 0.137 e. The van der Waals surface area contributed by atoms with Crippen molar-refractivity contribution in [2.45, 2.75) is 13.5 Å². The van der Waals surface area contributed by atoms with Gasteiger partial charge < -0.3 is 25.3 Å². The maximum absolute atomic E-state index is 4.53. The van der Waals surface area contributed by atoms with Crippen molar-refractivity contribution in [3.8, 4) is 0 Å². The van der Waals surface area contributed by atoms with Gasteiger partial charge in [0.15, 0.2) is 0 Å². The van der Waals surface area contributed by atoms with E-state index in [1.807, 2.05) is 0 Å². The molecule has 1 aromatic heterocycles. The Morgan fingerprint density at radius 2 is 1.93 bits per heavy atom. The molecule has 0 bridgehead atoms. The number of likely N-dealkylation sites (N-methyl/N-ethyl adjacent to an activating group) is 1. The highest BCUT2D eigenvalue weighted by molar-refractivity contribution is 5.97. The average Bonchev–Trinajstić information content (AvgIpc) is 3.19. The van der Waals surface area contributed by atoms with Gasteiger partial charge in [-0.15, -0.1) is 0 Å². The number of hydrogen-bond donors (Lipinski definition) is 2. The van der Waals surface area contributed by atoms with E-state index in [1.165, 1.54) is 16.9 Å². The molecule has 156 valence electrons. The van der Waals surface area contributed by atoms with Gasteiger partial charge in [-0.25, -0.2) is 9.97 Å². The molecule has 1 fully saturated rings. The molecule has 3 aromatic rings. The number of fused-ring (bicyclic) bond motifs is 2. The van der Waals surface area contributed by atoms with Crippen molar-refractivity contribution in [2.24, 2.45) is 0 Å². The minimum Gasteiger partial charge on any atom is -0.369 e. The highest BCUT2D eigenvalue weighted by atomic mass is 15.3. The Balaban J connectivity index is 1.35. The number of aromatic nitrogens is 2. The van der Waals surface area contributed by atoms with E-state index in [2.05, 4.69) is 85.7 Å². The lowest BCUT2D eigenvalue weighted by Crippen LogP contribution is -2.44. The highest BCUT2D eigenvalue weighted by Crippen LogP contribution is 2.36. The van der Waals surface area contributed by atoms with Crippen LogP contribution in [0.2, 0.25) is 0 Å². The van der Waals surface area contributed by atoms with Crippen LogP contribution in [0.5, 0.6) is 0 Å². The Bertz CT molecular complexity index is 1040. The predicted molar refractivity (Wildman–Crippen MR) is 125 cm³/mol. The van der Waals surface area contributed by atoms with Gasteiger partial charge in [-0.2, -0.15) is 0 Å². The second-order valence-electron chi connectivity index (χ2n) is 8.11. The molecule has 1 saturated heterocycles. The molecule has 5 rings (SSSR count). The maximum atomic E-state index is 4.53. The number of nitrogens with one attached hydrogen (secondary N) is 2. The molecule has 0 spiro atoms. The SMILES string of the molecule is CCN1CNc2cc3c(NCc4cccc(N5CCN(C)CC5)c4)ncnc3cc21. The van der Waals surface area contributed by atoms with E-state index < -0.39 is 0 Å². The van der Waals surface area contributed by atoms with Crippen LogP contribution in [0.25, 0.3) is 10.9 Å². The van der Waals surface area contributed by atoms with Crippen LogP contribution in [-0.2, 0) is 6.54 Å². The summed E-state index contributed by atoms with van der Waals surface area (Å²) in [6, 6.07) is 13.2. The Labute approximate surface area is 177 Å². The second kappa shape index (κ2) is 7.99. The third-order valence-corrected chi connectivity index (χ3v) is 6.17. The zero-order chi connectivity index (χ0) is 20.5. The zero-order valence-electron chi connectivity index (χ0n) is 17.7. The first-order valence-corrected chi connectivity index (χ1v) is 10.7. The monoisotopic (exact) mass is 403 g/mol. The Hall–Kier alpha value is -3.06. The standard InChI is InChI=1S/C23H29N7/c1-3-29-16-27-21-12-19-20(13-22(21)29)25-15-26-23(19)24-14-17-5-4-6-18(11-17)30-9-7-28(2)8-10-30/h4-6,11-13,15,27H,3,7-10,14,16H2,1-2H3,(H,24,25,26). The van der Waals surface area contributed by atoms with E-state index in [-0.39, 0.29) is 0 Å². The first-order chi connectivity index (χ1) is 14.7. The minimum atomic E-state index is 0.735. The second-order valence-corrected chi connectivity index (χ2v) is 8.11. The first-order valence-electron chi connectivity index (χ1n) is 10.7. The summed E-state index contributed by atoms with van der Waals surface area (Å²) in [5, 5.41) is 8.07. The molecule has 2 aliphatic heterocycles. The van der Waals surface area contributed by atoms with Crippen LogP contribution < -0.4 is 20.4 Å². The summed E-state index contributed by atoms with van der Waals surface area (Å²) >= 11 is 0. The third kappa shape index (κ3) is 3.61. The van der Waals surface area contributed by atoms with Crippen molar-refractivity contribution in [1.29, 1.82) is 0 Å². The largest absolute Gasteiger partial charge is 0.369 e. The number of nitrogens with zero attached hydrogens (tertiary/aromatic N) is 5. The van der Waals surface area contributed by atoms with E-state index in [9.17, 15) is 0 Å². The van der Waals surface area contributed by atoms with Crippen LogP contribution in [0.4, 0.5) is 22.9 Å². The van der Waals surface area contributed by atoms with E-state index in [0.717, 1.165) is 68.3 Å². The summed E-state index contributed by atoms with van der Waals surface area (Å²) in [5.74, 6) is 0.879. The average molecular weight is 404 g/mol. The summed E-state index contributed by atoms with van der Waals surface area (Å²) in [6.45, 7) is 9.12. The van der Waals surface area contributed by atoms with Gasteiger partial charge in [0, 0.05) is 50.3 Å². The molecule has 0 aliphatic carbocycles. The summed E-state index contributed by atoms with van der Waals surface area (Å²) < 4.78 is 0. The fraction of sp³-hybridized carbons (Fsp3) is 0.391. The fourth-order valence-electron chi connectivity index (χ4n) is 4.30. The van der Waals surface area contributed by atoms with Gasteiger partial charge in [-0.3, -0.25) is 0 Å². The number of rotatable bonds is 5. The highest BCUT2D eigenvalue weighted by Gasteiger charge is 2.19. The molecule has 0 amide bonds. The first kappa shape index (κ1) is 18.9. The van der Waals surface area contributed by atoms with Crippen molar-refractivity contribution in [2.75, 3.05) is 66.9 Å². The predicted octanol–water partition coefficient (Wildman–Crippen LogP) is 3.20. The van der Waals surface area contributed by atoms with Crippen LogP contribution in [-0.4, -0.2) is 61.3 Å². The van der Waals surface area contributed by atoms with Crippen molar-refractivity contribution >= 4 is 33.8 Å².